The van der Waals surface area contributed by atoms with E-state index in [-0.39, 0.29) is 0 Å². The van der Waals surface area contributed by atoms with Crippen LogP contribution in [0, 0.1) is 0 Å². The quantitative estimate of drug-likeness (QED) is 0.766. The molecule has 1 saturated heterocycles. The fraction of sp³-hybridized carbons (Fsp3) is 0.684. The van der Waals surface area contributed by atoms with Crippen LogP contribution in [0.2, 0.25) is 0 Å². The van der Waals surface area contributed by atoms with E-state index in [4.69, 9.17) is 4.74 Å². The van der Waals surface area contributed by atoms with Crippen LogP contribution in [-0.2, 0) is 16.4 Å². The lowest BCUT2D eigenvalue weighted by Crippen LogP contribution is -2.45. The van der Waals surface area contributed by atoms with Gasteiger partial charge in [-0.2, -0.15) is 0 Å². The predicted molar refractivity (Wildman–Crippen MR) is 101 cm³/mol. The van der Waals surface area contributed by atoms with Gasteiger partial charge in [0.05, 0.1) is 12.9 Å². The van der Waals surface area contributed by atoms with Crippen LogP contribution in [0.25, 0.3) is 0 Å². The first-order chi connectivity index (χ1) is 12.0. The van der Waals surface area contributed by atoms with Gasteiger partial charge in [0.1, 0.15) is 5.75 Å². The Bertz CT molecular complexity index is 662. The van der Waals surface area contributed by atoms with Gasteiger partial charge in [0.2, 0.25) is 10.0 Å². The molecular formula is C19H30N2O3S. The Morgan fingerprint density at radius 2 is 1.92 bits per heavy atom. The first kappa shape index (κ1) is 18.7. The Kier molecular flexibility index (Phi) is 6.36. The van der Waals surface area contributed by atoms with Crippen molar-refractivity contribution in [1.29, 1.82) is 0 Å². The third kappa shape index (κ3) is 5.43. The van der Waals surface area contributed by atoms with Gasteiger partial charge in [-0.15, -0.1) is 0 Å². The number of piperidine rings is 1. The molecule has 0 aromatic heterocycles. The monoisotopic (exact) mass is 366 g/mol. The average Bonchev–Trinajstić information content (AvgIpc) is 2.58. The van der Waals surface area contributed by atoms with Crippen molar-refractivity contribution in [2.75, 3.05) is 39.0 Å². The minimum absolute atomic E-state index is 0.525. The number of rotatable bonds is 1. The molecule has 3 rings (SSSR count). The van der Waals surface area contributed by atoms with Gasteiger partial charge >= 0.3 is 0 Å². The van der Waals surface area contributed by atoms with Crippen molar-refractivity contribution in [2.45, 2.75) is 44.6 Å². The van der Waals surface area contributed by atoms with E-state index in [1.165, 1.54) is 31.1 Å². The Balaban J connectivity index is 1.77. The van der Waals surface area contributed by atoms with Gasteiger partial charge in [0.15, 0.2) is 0 Å². The van der Waals surface area contributed by atoms with Crippen LogP contribution < -0.4 is 4.74 Å². The molecule has 25 heavy (non-hydrogen) atoms. The van der Waals surface area contributed by atoms with Crippen molar-refractivity contribution in [2.24, 2.45) is 0 Å². The summed E-state index contributed by atoms with van der Waals surface area (Å²) < 4.78 is 31.6. The van der Waals surface area contributed by atoms with E-state index in [1.54, 1.807) is 4.31 Å². The van der Waals surface area contributed by atoms with Crippen molar-refractivity contribution in [3.05, 3.63) is 29.8 Å². The van der Waals surface area contributed by atoms with Crippen LogP contribution in [0.15, 0.2) is 24.3 Å². The Morgan fingerprint density at radius 3 is 2.76 bits per heavy atom. The standard InChI is InChI=1S/C19H30N2O3S/c1-25(22,23)21-12-5-15-24-19-8-4-6-17(16-19)9-10-18-7-2-3-11-20(18)13-14-21/h4,6,8,16,18H,2-3,5,7,9-15H2,1H3. The zero-order valence-corrected chi connectivity index (χ0v) is 16.0. The second-order valence-electron chi connectivity index (χ2n) is 7.24. The molecular weight excluding hydrogens is 336 g/mol. The minimum Gasteiger partial charge on any atom is -0.494 e. The number of nitrogens with zero attached hydrogens (tertiary/aromatic N) is 2. The second-order valence-corrected chi connectivity index (χ2v) is 9.22. The Labute approximate surface area is 152 Å². The molecule has 140 valence electrons. The van der Waals surface area contributed by atoms with Gasteiger partial charge in [-0.1, -0.05) is 18.6 Å². The smallest absolute Gasteiger partial charge is 0.211 e. The zero-order chi connectivity index (χ0) is 17.7. The molecule has 0 saturated carbocycles. The fourth-order valence-electron chi connectivity index (χ4n) is 3.92. The lowest BCUT2D eigenvalue weighted by Gasteiger charge is -2.37. The van der Waals surface area contributed by atoms with Gasteiger partial charge in [0.25, 0.3) is 0 Å². The normalized spacial score (nSPS) is 24.8. The highest BCUT2D eigenvalue weighted by molar-refractivity contribution is 7.88. The van der Waals surface area contributed by atoms with Gasteiger partial charge in [-0.3, -0.25) is 4.90 Å². The maximum atomic E-state index is 12.1. The molecule has 1 aromatic rings. The topological polar surface area (TPSA) is 49.9 Å². The van der Waals surface area contributed by atoms with Crippen LogP contribution in [0.3, 0.4) is 0 Å². The van der Waals surface area contributed by atoms with E-state index in [0.717, 1.165) is 31.7 Å². The maximum Gasteiger partial charge on any atom is 0.211 e. The fourth-order valence-corrected chi connectivity index (χ4v) is 4.79. The molecule has 0 spiro atoms. The van der Waals surface area contributed by atoms with Crippen molar-refractivity contribution in [1.82, 2.24) is 9.21 Å². The van der Waals surface area contributed by atoms with E-state index in [9.17, 15) is 8.42 Å². The Morgan fingerprint density at radius 1 is 1.04 bits per heavy atom. The molecule has 2 heterocycles. The summed E-state index contributed by atoms with van der Waals surface area (Å²) in [6.45, 7) is 3.57. The van der Waals surface area contributed by atoms with E-state index >= 15 is 0 Å². The molecule has 1 fully saturated rings. The molecule has 1 atom stereocenters. The second kappa shape index (κ2) is 8.52. The van der Waals surface area contributed by atoms with Crippen molar-refractivity contribution < 1.29 is 13.2 Å². The molecule has 6 heteroatoms. The third-order valence-electron chi connectivity index (χ3n) is 5.34. The molecule has 2 aliphatic heterocycles. The van der Waals surface area contributed by atoms with Gasteiger partial charge in [-0.05, 0) is 56.3 Å². The molecule has 5 nitrogen and oxygen atoms in total. The summed E-state index contributed by atoms with van der Waals surface area (Å²) in [7, 11) is -3.17. The first-order valence-corrected chi connectivity index (χ1v) is 11.3. The maximum absolute atomic E-state index is 12.1. The number of benzene rings is 1. The van der Waals surface area contributed by atoms with E-state index in [2.05, 4.69) is 23.1 Å². The van der Waals surface area contributed by atoms with Crippen molar-refractivity contribution in [3.8, 4) is 5.75 Å². The van der Waals surface area contributed by atoms with Crippen LogP contribution in [0.1, 0.15) is 37.7 Å². The van der Waals surface area contributed by atoms with Crippen LogP contribution in [0.5, 0.6) is 5.75 Å². The zero-order valence-electron chi connectivity index (χ0n) is 15.2. The summed E-state index contributed by atoms with van der Waals surface area (Å²) >= 11 is 0. The van der Waals surface area contributed by atoms with Gasteiger partial charge < -0.3 is 4.74 Å². The number of ether oxygens (including phenoxy) is 1. The summed E-state index contributed by atoms with van der Waals surface area (Å²) in [4.78, 5) is 2.51. The van der Waals surface area contributed by atoms with Crippen molar-refractivity contribution in [3.63, 3.8) is 0 Å². The number of fused-ring (bicyclic) bond motifs is 3. The average molecular weight is 367 g/mol. The lowest BCUT2D eigenvalue weighted by atomic mass is 9.95. The van der Waals surface area contributed by atoms with E-state index < -0.39 is 10.0 Å². The molecule has 0 radical (unpaired) electrons. The highest BCUT2D eigenvalue weighted by Crippen LogP contribution is 2.23. The molecule has 2 aliphatic rings. The molecule has 1 unspecified atom stereocenters. The third-order valence-corrected chi connectivity index (χ3v) is 6.64. The molecule has 1 aromatic carbocycles. The SMILES string of the molecule is CS(=O)(=O)N1CCCOc2cccc(c2)CCC2CCCCN2CC1. The molecule has 0 N–H and O–H groups in total. The summed E-state index contributed by atoms with van der Waals surface area (Å²) in [5, 5.41) is 0. The van der Waals surface area contributed by atoms with E-state index in [1.807, 2.05) is 6.07 Å². The highest BCUT2D eigenvalue weighted by atomic mass is 32.2. The van der Waals surface area contributed by atoms with Crippen LogP contribution in [-0.4, -0.2) is 62.7 Å². The van der Waals surface area contributed by atoms with Gasteiger partial charge in [-0.25, -0.2) is 12.7 Å². The minimum atomic E-state index is -3.17. The number of hydrogen-bond acceptors (Lipinski definition) is 4. The van der Waals surface area contributed by atoms with E-state index in [0.29, 0.717) is 32.2 Å². The van der Waals surface area contributed by atoms with Crippen LogP contribution >= 0.6 is 0 Å². The summed E-state index contributed by atoms with van der Waals surface area (Å²) in [5.74, 6) is 0.890. The summed E-state index contributed by atoms with van der Waals surface area (Å²) in [6, 6.07) is 8.90. The Hall–Kier alpha value is -1.11. The molecule has 2 bridgehead atoms. The summed E-state index contributed by atoms with van der Waals surface area (Å²) in [6.07, 6.45) is 7.92. The van der Waals surface area contributed by atoms with Crippen molar-refractivity contribution >= 4 is 10.0 Å². The number of aryl methyl sites for hydroxylation is 1. The highest BCUT2D eigenvalue weighted by Gasteiger charge is 2.24. The molecule has 0 aliphatic carbocycles. The van der Waals surface area contributed by atoms with Gasteiger partial charge in [0, 0.05) is 25.7 Å². The summed E-state index contributed by atoms with van der Waals surface area (Å²) in [5.41, 5.74) is 1.33. The largest absolute Gasteiger partial charge is 0.494 e. The van der Waals surface area contributed by atoms with Crippen LogP contribution in [0.4, 0.5) is 0 Å². The molecule has 0 amide bonds. The first-order valence-electron chi connectivity index (χ1n) is 9.43. The lowest BCUT2D eigenvalue weighted by molar-refractivity contribution is 0.132. The number of sulfonamides is 1. The predicted octanol–water partition coefficient (Wildman–Crippen LogP) is 2.52. The number of hydrogen-bond donors (Lipinski definition) is 0.